The lowest BCUT2D eigenvalue weighted by molar-refractivity contribution is -0.120. The first-order chi connectivity index (χ1) is 5.38. The molecule has 0 spiro atoms. The number of hydrogen-bond acceptors (Lipinski definition) is 3. The maximum atomic E-state index is 11.3. The van der Waals surface area contributed by atoms with E-state index in [1.807, 2.05) is 0 Å². The van der Waals surface area contributed by atoms with Gasteiger partial charge in [-0.15, -0.1) is 0 Å². The highest BCUT2D eigenvalue weighted by Gasteiger charge is 2.32. The van der Waals surface area contributed by atoms with Crippen molar-refractivity contribution >= 4 is 23.2 Å². The van der Waals surface area contributed by atoms with E-state index < -0.39 is 0 Å². The van der Waals surface area contributed by atoms with Gasteiger partial charge < -0.3 is 5.32 Å². The van der Waals surface area contributed by atoms with Gasteiger partial charge in [0.1, 0.15) is 5.25 Å². The summed E-state index contributed by atoms with van der Waals surface area (Å²) in [6.45, 7) is 0.821. The summed E-state index contributed by atoms with van der Waals surface area (Å²) in [5.41, 5.74) is 1.81. The Morgan fingerprint density at radius 3 is 3.55 bits per heavy atom. The van der Waals surface area contributed by atoms with E-state index >= 15 is 0 Å². The smallest absolute Gasteiger partial charge is 0.235 e. The molecule has 0 bridgehead atoms. The molecule has 0 radical (unpaired) electrons. The number of carbonyl (C=O) groups is 1. The number of rotatable bonds is 0. The summed E-state index contributed by atoms with van der Waals surface area (Å²) in [5.74, 6) is 0.162. The maximum absolute atomic E-state index is 11.3. The number of amides is 1. The monoisotopic (exact) mass is 170 g/mol. The van der Waals surface area contributed by atoms with Crippen molar-refractivity contribution in [2.75, 3.05) is 6.54 Å². The molecule has 1 amide bonds. The molecule has 0 aromatic rings. The molecule has 60 valence electrons. The lowest BCUT2D eigenvalue weighted by atomic mass is 10.1. The predicted octanol–water partition coefficient (Wildman–Crippen LogP) is 0.409. The molecule has 3 nitrogen and oxygen atoms in total. The average molecular weight is 170 g/mol. The second kappa shape index (κ2) is 2.85. The van der Waals surface area contributed by atoms with Crippen LogP contribution in [0, 0.1) is 0 Å². The average Bonchev–Trinajstić information content (AvgIpc) is 2.40. The van der Waals surface area contributed by atoms with Crippen LogP contribution in [0.3, 0.4) is 0 Å². The Bertz CT molecular complexity index is 205. The number of thioether (sulfide) groups is 1. The van der Waals surface area contributed by atoms with Crippen LogP contribution in [0.15, 0.2) is 4.99 Å². The van der Waals surface area contributed by atoms with Crippen molar-refractivity contribution in [2.45, 2.75) is 24.1 Å². The van der Waals surface area contributed by atoms with Crippen LogP contribution < -0.4 is 5.32 Å². The van der Waals surface area contributed by atoms with Gasteiger partial charge in [-0.3, -0.25) is 9.79 Å². The highest BCUT2D eigenvalue weighted by Crippen LogP contribution is 2.26. The van der Waals surface area contributed by atoms with Gasteiger partial charge in [-0.1, -0.05) is 11.8 Å². The second-order valence-corrected chi connectivity index (χ2v) is 3.80. The van der Waals surface area contributed by atoms with Gasteiger partial charge >= 0.3 is 0 Å². The van der Waals surface area contributed by atoms with E-state index in [-0.39, 0.29) is 17.2 Å². The standard InChI is InChI=1S/C7H10N2OS/c10-7-6-5(9-4-11-6)2-1-3-8-7/h4-6H,1-3H2,(H,8,10). The maximum Gasteiger partial charge on any atom is 0.235 e. The van der Waals surface area contributed by atoms with Gasteiger partial charge in [0.15, 0.2) is 0 Å². The quantitative estimate of drug-likeness (QED) is 0.572. The van der Waals surface area contributed by atoms with Crippen LogP contribution in [0.2, 0.25) is 0 Å². The first-order valence-electron chi connectivity index (χ1n) is 3.83. The van der Waals surface area contributed by atoms with Crippen molar-refractivity contribution in [3.63, 3.8) is 0 Å². The Labute approximate surface area is 69.6 Å². The molecule has 0 aromatic carbocycles. The highest BCUT2D eigenvalue weighted by molar-refractivity contribution is 8.13. The molecule has 2 rings (SSSR count). The third-order valence-corrected chi connectivity index (χ3v) is 3.11. The fourth-order valence-electron chi connectivity index (χ4n) is 1.43. The topological polar surface area (TPSA) is 41.5 Å². The third kappa shape index (κ3) is 1.27. The highest BCUT2D eigenvalue weighted by atomic mass is 32.2. The van der Waals surface area contributed by atoms with Gasteiger partial charge in [0.2, 0.25) is 5.91 Å². The summed E-state index contributed by atoms with van der Waals surface area (Å²) in [5, 5.41) is 2.94. The van der Waals surface area contributed by atoms with E-state index in [1.165, 1.54) is 0 Å². The Kier molecular flexibility index (Phi) is 1.85. The minimum Gasteiger partial charge on any atom is -0.355 e. The second-order valence-electron chi connectivity index (χ2n) is 2.81. The molecule has 2 aliphatic heterocycles. The van der Waals surface area contributed by atoms with Crippen LogP contribution in [0.1, 0.15) is 12.8 Å². The first kappa shape index (κ1) is 7.16. The van der Waals surface area contributed by atoms with E-state index in [1.54, 1.807) is 17.3 Å². The van der Waals surface area contributed by atoms with Crippen molar-refractivity contribution < 1.29 is 4.79 Å². The van der Waals surface area contributed by atoms with Gasteiger partial charge in [-0.25, -0.2) is 0 Å². The Balaban J connectivity index is 2.13. The van der Waals surface area contributed by atoms with Gasteiger partial charge in [-0.05, 0) is 12.8 Å². The molecule has 1 saturated heterocycles. The van der Waals surface area contributed by atoms with E-state index in [0.29, 0.717) is 0 Å². The molecule has 2 atom stereocenters. The van der Waals surface area contributed by atoms with Crippen molar-refractivity contribution in [2.24, 2.45) is 4.99 Å². The Morgan fingerprint density at radius 1 is 1.73 bits per heavy atom. The minimum absolute atomic E-state index is 0.0671. The molecular weight excluding hydrogens is 160 g/mol. The van der Waals surface area contributed by atoms with E-state index in [0.717, 1.165) is 19.4 Å². The molecule has 2 aliphatic rings. The van der Waals surface area contributed by atoms with Crippen LogP contribution in [-0.4, -0.2) is 29.3 Å². The number of aliphatic imine (C=N–C) groups is 1. The zero-order chi connectivity index (χ0) is 7.68. The van der Waals surface area contributed by atoms with E-state index in [4.69, 9.17) is 0 Å². The molecular formula is C7H10N2OS. The number of nitrogens with one attached hydrogen (secondary N) is 1. The summed E-state index contributed by atoms with van der Waals surface area (Å²) in [6.07, 6.45) is 2.11. The van der Waals surface area contributed by atoms with Crippen LogP contribution in [-0.2, 0) is 4.79 Å². The third-order valence-electron chi connectivity index (χ3n) is 2.04. The van der Waals surface area contributed by atoms with Crippen molar-refractivity contribution in [3.05, 3.63) is 0 Å². The number of carbonyl (C=O) groups excluding carboxylic acids is 1. The van der Waals surface area contributed by atoms with Gasteiger partial charge in [-0.2, -0.15) is 0 Å². The molecule has 2 heterocycles. The van der Waals surface area contributed by atoms with Crippen molar-refractivity contribution in [3.8, 4) is 0 Å². The largest absolute Gasteiger partial charge is 0.355 e. The van der Waals surface area contributed by atoms with Gasteiger partial charge in [0, 0.05) is 6.54 Å². The Hall–Kier alpha value is -0.510. The van der Waals surface area contributed by atoms with Crippen LogP contribution >= 0.6 is 11.8 Å². The van der Waals surface area contributed by atoms with Crippen LogP contribution in [0.25, 0.3) is 0 Å². The molecule has 1 fully saturated rings. The fourth-order valence-corrected chi connectivity index (χ4v) is 2.39. The number of nitrogens with zero attached hydrogens (tertiary/aromatic N) is 1. The normalized spacial score (nSPS) is 36.2. The van der Waals surface area contributed by atoms with E-state index in [9.17, 15) is 4.79 Å². The predicted molar refractivity (Wildman–Crippen MR) is 45.9 cm³/mol. The number of fused-ring (bicyclic) bond motifs is 1. The fraction of sp³-hybridized carbons (Fsp3) is 0.714. The number of hydrogen-bond donors (Lipinski definition) is 1. The summed E-state index contributed by atoms with van der Waals surface area (Å²) in [6, 6.07) is 0.252. The molecule has 1 N–H and O–H groups in total. The summed E-state index contributed by atoms with van der Waals surface area (Å²) >= 11 is 1.54. The molecule has 0 aromatic heterocycles. The molecule has 11 heavy (non-hydrogen) atoms. The van der Waals surface area contributed by atoms with Crippen molar-refractivity contribution in [1.82, 2.24) is 5.32 Å². The SMILES string of the molecule is O=C1NCCCC2N=CSC12. The lowest BCUT2D eigenvalue weighted by Crippen LogP contribution is -2.34. The van der Waals surface area contributed by atoms with Crippen LogP contribution in [0.4, 0.5) is 0 Å². The molecule has 2 unspecified atom stereocenters. The summed E-state index contributed by atoms with van der Waals surface area (Å²) in [4.78, 5) is 15.5. The van der Waals surface area contributed by atoms with Crippen LogP contribution in [0.5, 0.6) is 0 Å². The zero-order valence-electron chi connectivity index (χ0n) is 6.12. The first-order valence-corrected chi connectivity index (χ1v) is 4.77. The molecule has 0 saturated carbocycles. The van der Waals surface area contributed by atoms with Crippen molar-refractivity contribution in [1.29, 1.82) is 0 Å². The van der Waals surface area contributed by atoms with E-state index in [2.05, 4.69) is 10.3 Å². The van der Waals surface area contributed by atoms with Gasteiger partial charge in [0.25, 0.3) is 0 Å². The summed E-state index contributed by atoms with van der Waals surface area (Å²) < 4.78 is 0. The lowest BCUT2D eigenvalue weighted by Gasteiger charge is -2.10. The molecule has 4 heteroatoms. The minimum atomic E-state index is 0.0671. The molecule has 0 aliphatic carbocycles. The summed E-state index contributed by atoms with van der Waals surface area (Å²) in [7, 11) is 0. The van der Waals surface area contributed by atoms with Gasteiger partial charge in [0.05, 0.1) is 11.6 Å². The Morgan fingerprint density at radius 2 is 2.64 bits per heavy atom. The zero-order valence-corrected chi connectivity index (χ0v) is 6.93.